The van der Waals surface area contributed by atoms with Gasteiger partial charge in [0.25, 0.3) is 0 Å². The molecule has 2 aromatic carbocycles. The molecule has 0 unspecified atom stereocenters. The second-order valence-electron chi connectivity index (χ2n) is 7.15. The van der Waals surface area contributed by atoms with Crippen molar-refractivity contribution < 1.29 is 9.32 Å². The van der Waals surface area contributed by atoms with Crippen molar-refractivity contribution in [1.82, 2.24) is 15.0 Å². The number of nitrogens with one attached hydrogen (secondary N) is 1. The van der Waals surface area contributed by atoms with Gasteiger partial charge < -0.3 is 14.7 Å². The molecule has 1 N–H and O–H groups in total. The van der Waals surface area contributed by atoms with E-state index in [0.717, 1.165) is 36.9 Å². The van der Waals surface area contributed by atoms with Crippen molar-refractivity contribution in [2.45, 2.75) is 38.6 Å². The van der Waals surface area contributed by atoms with Crippen LogP contribution in [-0.4, -0.2) is 27.6 Å². The van der Waals surface area contributed by atoms with E-state index < -0.39 is 0 Å². The van der Waals surface area contributed by atoms with Gasteiger partial charge in [-0.05, 0) is 67.6 Å². The Morgan fingerprint density at radius 2 is 1.93 bits per heavy atom. The van der Waals surface area contributed by atoms with E-state index >= 15 is 0 Å². The number of carbonyl (C=O) groups excluding carboxylic acids is 1. The fourth-order valence-electron chi connectivity index (χ4n) is 3.54. The molecule has 1 atom stereocenters. The van der Waals surface area contributed by atoms with Gasteiger partial charge in [0.15, 0.2) is 0 Å². The highest BCUT2D eigenvalue weighted by Gasteiger charge is 2.32. The number of rotatable bonds is 4. The Labute approximate surface area is 174 Å². The predicted octanol–water partition coefficient (Wildman–Crippen LogP) is 5.71. The molecule has 0 radical (unpaired) electrons. The summed E-state index contributed by atoms with van der Waals surface area (Å²) in [7, 11) is 0. The van der Waals surface area contributed by atoms with Crippen LogP contribution in [0, 0.1) is 0 Å². The van der Waals surface area contributed by atoms with E-state index in [1.165, 1.54) is 5.56 Å². The number of aromatic nitrogens is 2. The molecule has 6 nitrogen and oxygen atoms in total. The van der Waals surface area contributed by atoms with Crippen molar-refractivity contribution in [3.8, 4) is 11.4 Å². The van der Waals surface area contributed by atoms with Crippen LogP contribution in [0.3, 0.4) is 0 Å². The number of halogens is 1. The van der Waals surface area contributed by atoms with Crippen molar-refractivity contribution in [2.24, 2.45) is 0 Å². The summed E-state index contributed by atoms with van der Waals surface area (Å²) >= 11 is 5.95. The van der Waals surface area contributed by atoms with Crippen LogP contribution < -0.4 is 5.32 Å². The number of carbonyl (C=O) groups is 1. The molecule has 1 aromatic heterocycles. The van der Waals surface area contributed by atoms with E-state index in [4.69, 9.17) is 16.1 Å². The van der Waals surface area contributed by atoms with Crippen molar-refractivity contribution in [3.05, 3.63) is 65.0 Å². The lowest BCUT2D eigenvalue weighted by atomic mass is 10.0. The third-order valence-electron chi connectivity index (χ3n) is 5.21. The molecule has 3 aromatic rings. The summed E-state index contributed by atoms with van der Waals surface area (Å²) in [5.41, 5.74) is 2.84. The Kier molecular flexibility index (Phi) is 5.81. The largest absolute Gasteiger partial charge is 0.337 e. The van der Waals surface area contributed by atoms with Gasteiger partial charge in [-0.2, -0.15) is 4.98 Å². The van der Waals surface area contributed by atoms with Crippen molar-refractivity contribution in [1.29, 1.82) is 0 Å². The number of hydrogen-bond acceptors (Lipinski definition) is 4. The summed E-state index contributed by atoms with van der Waals surface area (Å²) in [5.74, 6) is 0.962. The molecule has 0 bridgehead atoms. The van der Waals surface area contributed by atoms with Crippen LogP contribution in [0.5, 0.6) is 0 Å². The lowest BCUT2D eigenvalue weighted by Gasteiger charge is -2.33. The standard InChI is InChI=1S/C22H23ClN4O2/c1-2-15-6-12-18(13-7-15)24-22(28)27-14-4-3-5-19(27)21-25-20(26-29-21)16-8-10-17(23)11-9-16/h6-13,19H,2-5,14H2,1H3,(H,24,28)/t19-/m1/s1. The average Bonchev–Trinajstić information content (AvgIpc) is 3.25. The summed E-state index contributed by atoms with van der Waals surface area (Å²) in [5, 5.41) is 7.74. The van der Waals surface area contributed by atoms with E-state index in [9.17, 15) is 4.79 Å². The molecule has 1 aliphatic rings. The number of amides is 2. The highest BCUT2D eigenvalue weighted by Crippen LogP contribution is 2.32. The maximum absolute atomic E-state index is 12.9. The maximum atomic E-state index is 12.9. The first-order valence-electron chi connectivity index (χ1n) is 9.90. The molecule has 1 fully saturated rings. The van der Waals surface area contributed by atoms with E-state index in [-0.39, 0.29) is 12.1 Å². The van der Waals surface area contributed by atoms with Gasteiger partial charge in [-0.1, -0.05) is 35.8 Å². The molecular formula is C22H23ClN4O2. The van der Waals surface area contributed by atoms with Crippen LogP contribution in [0.15, 0.2) is 53.1 Å². The highest BCUT2D eigenvalue weighted by atomic mass is 35.5. The molecule has 1 saturated heterocycles. The van der Waals surface area contributed by atoms with Crippen molar-refractivity contribution in [2.75, 3.05) is 11.9 Å². The molecule has 7 heteroatoms. The topological polar surface area (TPSA) is 71.3 Å². The zero-order chi connectivity index (χ0) is 20.2. The van der Waals surface area contributed by atoms with Crippen LogP contribution in [-0.2, 0) is 6.42 Å². The fourth-order valence-corrected chi connectivity index (χ4v) is 3.66. The van der Waals surface area contributed by atoms with Gasteiger partial charge in [-0.15, -0.1) is 0 Å². The third kappa shape index (κ3) is 4.43. The summed E-state index contributed by atoms with van der Waals surface area (Å²) in [6.07, 6.45) is 3.73. The van der Waals surface area contributed by atoms with Gasteiger partial charge in [0.1, 0.15) is 6.04 Å². The predicted molar refractivity (Wildman–Crippen MR) is 113 cm³/mol. The Hall–Kier alpha value is -2.86. The molecule has 4 rings (SSSR count). The zero-order valence-electron chi connectivity index (χ0n) is 16.3. The summed E-state index contributed by atoms with van der Waals surface area (Å²) in [6, 6.07) is 14.8. The number of aryl methyl sites for hydroxylation is 1. The first kappa shape index (κ1) is 19.5. The molecule has 1 aliphatic heterocycles. The second kappa shape index (κ2) is 8.66. The van der Waals surface area contributed by atoms with E-state index in [0.29, 0.717) is 23.3 Å². The second-order valence-corrected chi connectivity index (χ2v) is 7.59. The lowest BCUT2D eigenvalue weighted by Crippen LogP contribution is -2.41. The number of nitrogens with zero attached hydrogens (tertiary/aromatic N) is 3. The minimum atomic E-state index is -0.229. The molecular weight excluding hydrogens is 388 g/mol. The summed E-state index contributed by atoms with van der Waals surface area (Å²) in [6.45, 7) is 2.76. The zero-order valence-corrected chi connectivity index (χ0v) is 17.0. The molecule has 150 valence electrons. The normalized spacial score (nSPS) is 16.6. The van der Waals surface area contributed by atoms with E-state index in [1.54, 1.807) is 17.0 Å². The van der Waals surface area contributed by atoms with Crippen LogP contribution >= 0.6 is 11.6 Å². The van der Waals surface area contributed by atoms with Crippen LogP contribution in [0.1, 0.15) is 43.7 Å². The maximum Gasteiger partial charge on any atom is 0.322 e. The SMILES string of the molecule is CCc1ccc(NC(=O)N2CCCC[C@@H]2c2nc(-c3ccc(Cl)cc3)no2)cc1. The molecule has 29 heavy (non-hydrogen) atoms. The number of anilines is 1. The van der Waals surface area contributed by atoms with Crippen molar-refractivity contribution >= 4 is 23.3 Å². The first-order valence-corrected chi connectivity index (χ1v) is 10.3. The van der Waals surface area contributed by atoms with Crippen molar-refractivity contribution in [3.63, 3.8) is 0 Å². The van der Waals surface area contributed by atoms with Crippen LogP contribution in [0.4, 0.5) is 10.5 Å². The lowest BCUT2D eigenvalue weighted by molar-refractivity contribution is 0.142. The number of urea groups is 1. The Balaban J connectivity index is 1.51. The summed E-state index contributed by atoms with van der Waals surface area (Å²) < 4.78 is 5.53. The smallest absolute Gasteiger partial charge is 0.322 e. The third-order valence-corrected chi connectivity index (χ3v) is 5.46. The van der Waals surface area contributed by atoms with Gasteiger partial charge in [-0.25, -0.2) is 4.79 Å². The quantitative estimate of drug-likeness (QED) is 0.597. The number of benzene rings is 2. The van der Waals surface area contributed by atoms with Crippen LogP contribution in [0.25, 0.3) is 11.4 Å². The first-order chi connectivity index (χ1) is 14.1. The minimum Gasteiger partial charge on any atom is -0.337 e. The number of hydrogen-bond donors (Lipinski definition) is 1. The summed E-state index contributed by atoms with van der Waals surface area (Å²) in [4.78, 5) is 19.3. The Morgan fingerprint density at radius 3 is 2.66 bits per heavy atom. The molecule has 2 amide bonds. The van der Waals surface area contributed by atoms with Gasteiger partial charge in [0.05, 0.1) is 0 Å². The monoisotopic (exact) mass is 410 g/mol. The number of piperidine rings is 1. The highest BCUT2D eigenvalue weighted by molar-refractivity contribution is 6.30. The molecule has 0 saturated carbocycles. The van der Waals surface area contributed by atoms with E-state index in [2.05, 4.69) is 22.4 Å². The Morgan fingerprint density at radius 1 is 1.17 bits per heavy atom. The van der Waals surface area contributed by atoms with Gasteiger partial charge in [0, 0.05) is 22.8 Å². The van der Waals surface area contributed by atoms with Gasteiger partial charge in [-0.3, -0.25) is 0 Å². The minimum absolute atomic E-state index is 0.148. The molecule has 0 aliphatic carbocycles. The van der Waals surface area contributed by atoms with Gasteiger partial charge in [0.2, 0.25) is 11.7 Å². The van der Waals surface area contributed by atoms with Gasteiger partial charge >= 0.3 is 6.03 Å². The van der Waals surface area contributed by atoms with E-state index in [1.807, 2.05) is 36.4 Å². The average molecular weight is 411 g/mol. The van der Waals surface area contributed by atoms with Crippen LogP contribution in [0.2, 0.25) is 5.02 Å². The Bertz CT molecular complexity index is 969. The molecule has 0 spiro atoms. The fraction of sp³-hybridized carbons (Fsp3) is 0.318. The number of likely N-dealkylation sites (tertiary alicyclic amines) is 1. The molecule has 2 heterocycles.